The molecule has 0 saturated heterocycles. The number of methoxy groups -OCH3 is 2. The molecule has 2 aromatic carbocycles. The number of hydrogen-bond donors (Lipinski definition) is 3. The molecule has 2 aromatic rings. The molecule has 0 fully saturated rings. The van der Waals surface area contributed by atoms with Gasteiger partial charge in [0.05, 0.1) is 24.0 Å². The fraction of sp³-hybridized carbons (Fsp3) is 0.545. The van der Waals surface area contributed by atoms with Crippen molar-refractivity contribution in [3.63, 3.8) is 0 Å². The number of carboxylic acid groups (broad SMARTS) is 1. The van der Waals surface area contributed by atoms with Crippen LogP contribution in [0.2, 0.25) is 0 Å². The van der Waals surface area contributed by atoms with Crippen LogP contribution in [0.3, 0.4) is 0 Å². The lowest BCUT2D eigenvalue weighted by atomic mass is 10.0. The molecule has 356 valence electrons. The van der Waals surface area contributed by atoms with Crippen molar-refractivity contribution in [2.45, 2.75) is 91.2 Å². The van der Waals surface area contributed by atoms with Crippen molar-refractivity contribution in [1.29, 1.82) is 0 Å². The first-order valence-electron chi connectivity index (χ1n) is 20.3. The van der Waals surface area contributed by atoms with Crippen molar-refractivity contribution in [3.05, 3.63) is 83.1 Å². The van der Waals surface area contributed by atoms with Crippen LogP contribution in [0.5, 0.6) is 0 Å². The van der Waals surface area contributed by atoms with E-state index in [0.29, 0.717) is 19.2 Å². The van der Waals surface area contributed by atoms with E-state index in [1.165, 1.54) is 11.1 Å². The number of amides is 1. The molecule has 2 rings (SSSR count). The SMILES string of the molecule is CC(C)C(Cl)OC(=O)Cl.COCCCC/C(=N\OCCN)c1ccc(C)cc1.COCCCC/C(=N\OCCNC(=O)OC(Cl)C(C)C)c1ccc(C)cc1.O=CO/C=C\C(=O)O. The first kappa shape index (κ1) is 60.6. The van der Waals surface area contributed by atoms with Gasteiger partial charge in [0.1, 0.15) is 19.5 Å². The van der Waals surface area contributed by atoms with Gasteiger partial charge in [-0.2, -0.15) is 0 Å². The largest absolute Gasteiger partial charge is 0.478 e. The Balaban J connectivity index is 0. The average Bonchev–Trinajstić information content (AvgIpc) is 3.23. The zero-order valence-corrected chi connectivity index (χ0v) is 40.0. The Morgan fingerprint density at radius 2 is 1.17 bits per heavy atom. The Morgan fingerprint density at radius 1 is 0.730 bits per heavy atom. The number of ether oxygens (including phenoxy) is 5. The molecule has 0 aromatic heterocycles. The van der Waals surface area contributed by atoms with Crippen molar-refractivity contribution in [2.24, 2.45) is 27.9 Å². The van der Waals surface area contributed by atoms with Crippen LogP contribution in [0.15, 0.2) is 71.2 Å². The van der Waals surface area contributed by atoms with Crippen molar-refractivity contribution in [1.82, 2.24) is 5.32 Å². The van der Waals surface area contributed by atoms with Crippen LogP contribution < -0.4 is 11.1 Å². The van der Waals surface area contributed by atoms with Crippen LogP contribution in [-0.2, 0) is 42.9 Å². The zero-order chi connectivity index (χ0) is 47.8. The average molecular weight is 950 g/mol. The first-order valence-corrected chi connectivity index (χ1v) is 21.5. The molecule has 4 N–H and O–H groups in total. The first-order chi connectivity index (χ1) is 30.0. The Hall–Kier alpha value is -4.45. The van der Waals surface area contributed by atoms with Gasteiger partial charge in [0, 0.05) is 57.4 Å². The van der Waals surface area contributed by atoms with Gasteiger partial charge in [0.15, 0.2) is 11.1 Å². The van der Waals surface area contributed by atoms with Crippen LogP contribution in [0.4, 0.5) is 9.59 Å². The summed E-state index contributed by atoms with van der Waals surface area (Å²) in [7, 11) is 3.42. The molecular weight excluding hydrogens is 883 g/mol. The van der Waals surface area contributed by atoms with E-state index in [2.05, 4.69) is 68.4 Å². The lowest BCUT2D eigenvalue weighted by Crippen LogP contribution is -2.31. The number of alkyl halides is 2. The monoisotopic (exact) mass is 948 g/mol. The van der Waals surface area contributed by atoms with E-state index >= 15 is 0 Å². The van der Waals surface area contributed by atoms with Crippen molar-refractivity contribution in [3.8, 4) is 0 Å². The van der Waals surface area contributed by atoms with E-state index in [0.717, 1.165) is 80.6 Å². The van der Waals surface area contributed by atoms with Crippen LogP contribution in [0, 0.1) is 25.7 Å². The molecule has 0 bridgehead atoms. The van der Waals surface area contributed by atoms with Gasteiger partial charge in [-0.1, -0.05) is 121 Å². The summed E-state index contributed by atoms with van der Waals surface area (Å²) in [6.45, 7) is 14.7. The molecule has 0 spiro atoms. The number of nitrogens with two attached hydrogens (primary N) is 1. The maximum absolute atomic E-state index is 11.6. The lowest BCUT2D eigenvalue weighted by molar-refractivity contribution is -0.131. The molecule has 2 atom stereocenters. The number of carboxylic acids is 1. The Bertz CT molecular complexity index is 1600. The van der Waals surface area contributed by atoms with E-state index in [9.17, 15) is 19.2 Å². The van der Waals surface area contributed by atoms with E-state index in [1.54, 1.807) is 14.2 Å². The van der Waals surface area contributed by atoms with Gasteiger partial charge in [0.25, 0.3) is 6.47 Å². The van der Waals surface area contributed by atoms with Crippen LogP contribution in [0.25, 0.3) is 0 Å². The van der Waals surface area contributed by atoms with Gasteiger partial charge in [-0.05, 0) is 63.5 Å². The van der Waals surface area contributed by atoms with Gasteiger partial charge < -0.3 is 49.5 Å². The molecule has 2 unspecified atom stereocenters. The second-order valence-electron chi connectivity index (χ2n) is 13.9. The molecule has 0 saturated carbocycles. The molecule has 0 aliphatic heterocycles. The summed E-state index contributed by atoms with van der Waals surface area (Å²) >= 11 is 16.3. The standard InChI is InChI=1S/C20H31ClN2O4.C15H24N2O2.C5H8Cl2O2.C4H4O4/c1-15(2)19(21)27-20(24)22-12-14-26-23-18(7-5-6-13-25-4)17-10-8-16(3)9-11-17;1-13-6-8-14(9-7-13)15(17-19-12-10-16)5-3-4-11-18-2;1-3(2)4(6)9-5(7)8;5-3-8-2-1-4(6)7/h8-11,15,19H,5-7,12-14H2,1-4H3,(H,22,24);6-9H,3-5,10-12,16H2,1-2H3;3-4H,1-2H3;1-3H,(H,6,7)/b23-18+;17-15+;;2-1-. The van der Waals surface area contributed by atoms with Gasteiger partial charge in [0.2, 0.25) is 0 Å². The molecule has 0 radical (unpaired) electrons. The Morgan fingerprint density at radius 3 is 1.54 bits per heavy atom. The van der Waals surface area contributed by atoms with Gasteiger partial charge in [-0.15, -0.1) is 0 Å². The highest BCUT2D eigenvalue weighted by Gasteiger charge is 2.15. The number of nitrogens with one attached hydrogen (secondary N) is 1. The van der Waals surface area contributed by atoms with Crippen LogP contribution in [0.1, 0.15) is 88.5 Å². The number of unbranched alkanes of at least 4 members (excludes halogenated alkanes) is 2. The van der Waals surface area contributed by atoms with Gasteiger partial charge >= 0.3 is 17.5 Å². The molecule has 1 amide bonds. The molecular formula is C44H67Cl3N4O12. The predicted molar refractivity (Wildman–Crippen MR) is 248 cm³/mol. The Labute approximate surface area is 387 Å². The number of aryl methyl sites for hydroxylation is 2. The number of rotatable bonds is 26. The zero-order valence-electron chi connectivity index (χ0n) is 37.7. The van der Waals surface area contributed by atoms with Gasteiger partial charge in [-0.3, -0.25) is 4.79 Å². The maximum atomic E-state index is 11.6. The summed E-state index contributed by atoms with van der Waals surface area (Å²) in [6.07, 6.45) is 6.61. The number of aliphatic carboxylic acids is 1. The lowest BCUT2D eigenvalue weighted by Gasteiger charge is -2.14. The number of carbonyl (C=O) groups is 4. The third-order valence-corrected chi connectivity index (χ3v) is 8.91. The fourth-order valence-corrected chi connectivity index (χ4v) is 4.49. The predicted octanol–water partition coefficient (Wildman–Crippen LogP) is 9.31. The second kappa shape index (κ2) is 40.3. The molecule has 0 aliphatic rings. The summed E-state index contributed by atoms with van der Waals surface area (Å²) in [6, 6.07) is 16.5. The molecule has 63 heavy (non-hydrogen) atoms. The molecule has 0 heterocycles. The number of halogens is 3. The number of carbonyl (C=O) groups excluding carboxylic acids is 3. The second-order valence-corrected chi connectivity index (χ2v) is 15.1. The van der Waals surface area contributed by atoms with Gasteiger partial charge in [-0.25, -0.2) is 14.4 Å². The number of hydrogen-bond acceptors (Lipinski definition) is 14. The van der Waals surface area contributed by atoms with Crippen LogP contribution in [-0.4, -0.2) is 105 Å². The quantitative estimate of drug-likeness (QED) is 0.00923. The highest BCUT2D eigenvalue weighted by Crippen LogP contribution is 2.14. The summed E-state index contributed by atoms with van der Waals surface area (Å²) in [5.74, 6) is -1.00. The summed E-state index contributed by atoms with van der Waals surface area (Å²) in [5, 5.41) is 18.9. The number of alkyl carbamates (subject to hydrolysis) is 1. The number of benzene rings is 2. The topological polar surface area (TPSA) is 216 Å². The van der Waals surface area contributed by atoms with E-state index in [-0.39, 0.29) is 31.5 Å². The van der Waals surface area contributed by atoms with Crippen molar-refractivity contribution >= 4 is 70.2 Å². The van der Waals surface area contributed by atoms with Crippen molar-refractivity contribution < 1.29 is 57.6 Å². The minimum atomic E-state index is -1.15. The highest BCUT2D eigenvalue weighted by molar-refractivity contribution is 6.61. The smallest absolute Gasteiger partial charge is 0.408 e. The summed E-state index contributed by atoms with van der Waals surface area (Å²) in [4.78, 5) is 51.1. The third-order valence-electron chi connectivity index (χ3n) is 7.63. The molecule has 19 heteroatoms. The highest BCUT2D eigenvalue weighted by atomic mass is 35.5. The normalized spacial score (nSPS) is 12.0. The summed E-state index contributed by atoms with van der Waals surface area (Å²) in [5.41, 5.74) is 9.72. The van der Waals surface area contributed by atoms with E-state index in [1.807, 2.05) is 46.8 Å². The number of oxime groups is 2. The van der Waals surface area contributed by atoms with E-state index < -0.39 is 28.6 Å². The minimum absolute atomic E-state index is 0.0495. The Kier molecular flexibility index (Phi) is 38.8. The molecule has 0 aliphatic carbocycles. The maximum Gasteiger partial charge on any atom is 0.408 e. The molecule has 16 nitrogen and oxygen atoms in total. The number of nitrogens with zero attached hydrogens (tertiary/aromatic N) is 2. The third kappa shape index (κ3) is 36.7. The fourth-order valence-electron chi connectivity index (χ4n) is 4.19. The van der Waals surface area contributed by atoms with Crippen molar-refractivity contribution in [2.75, 3.05) is 53.7 Å². The van der Waals surface area contributed by atoms with Crippen LogP contribution >= 0.6 is 34.8 Å². The summed E-state index contributed by atoms with van der Waals surface area (Å²) < 4.78 is 23.5. The van der Waals surface area contributed by atoms with E-state index in [4.69, 9.17) is 69.5 Å². The minimum Gasteiger partial charge on any atom is -0.478 e.